The summed E-state index contributed by atoms with van der Waals surface area (Å²) in [5.74, 6) is -0.414. The third-order valence-electron chi connectivity index (χ3n) is 1.24. The van der Waals surface area contributed by atoms with Crippen molar-refractivity contribution in [1.29, 1.82) is 0 Å². The first-order chi connectivity index (χ1) is 5.29. The van der Waals surface area contributed by atoms with E-state index in [0.29, 0.717) is 5.69 Å². The summed E-state index contributed by atoms with van der Waals surface area (Å²) in [6.45, 7) is 3.47. The number of methoxy groups -OCH3 is 1. The van der Waals surface area contributed by atoms with Crippen molar-refractivity contribution in [2.75, 3.05) is 7.11 Å². The van der Waals surface area contributed by atoms with Crippen LogP contribution in [0.15, 0.2) is 18.8 Å². The minimum Gasteiger partial charge on any atom is -0.464 e. The molecule has 1 aromatic rings. The first-order valence-electron chi connectivity index (χ1n) is 3.04. The van der Waals surface area contributed by atoms with Gasteiger partial charge in [0.15, 0.2) is 5.69 Å². The van der Waals surface area contributed by atoms with Crippen LogP contribution in [0.3, 0.4) is 0 Å². The molecule has 0 saturated carbocycles. The maximum atomic E-state index is 10.9. The number of ether oxygens (including phenoxy) is 1. The van der Waals surface area contributed by atoms with E-state index < -0.39 is 5.97 Å². The Kier molecular flexibility index (Phi) is 2.06. The summed E-state index contributed by atoms with van der Waals surface area (Å²) < 4.78 is 5.84. The summed E-state index contributed by atoms with van der Waals surface area (Å²) in [7, 11) is 1.32. The Labute approximate surface area is 64.1 Å². The Balaban J connectivity index is 3.01. The van der Waals surface area contributed by atoms with Gasteiger partial charge in [-0.1, -0.05) is 6.58 Å². The minimum atomic E-state index is -0.414. The van der Waals surface area contributed by atoms with E-state index in [2.05, 4.69) is 16.4 Å². The van der Waals surface area contributed by atoms with E-state index in [0.717, 1.165) is 0 Å². The lowest BCUT2D eigenvalue weighted by atomic mass is 10.4. The predicted molar refractivity (Wildman–Crippen MR) is 40.0 cm³/mol. The van der Waals surface area contributed by atoms with Crippen LogP contribution in [-0.4, -0.2) is 22.9 Å². The number of carbonyl (C=O) groups is 1. The standard InChI is InChI=1S/C7H8N2O2/c1-3-9-6(4-5-8-9)7(10)11-2/h3-5H,1H2,2H3. The maximum Gasteiger partial charge on any atom is 0.356 e. The Bertz CT molecular complexity index is 278. The molecular weight excluding hydrogens is 144 g/mol. The highest BCUT2D eigenvalue weighted by Gasteiger charge is 2.08. The molecule has 0 saturated heterocycles. The van der Waals surface area contributed by atoms with Gasteiger partial charge in [-0.05, 0) is 6.07 Å². The number of carbonyl (C=O) groups excluding carboxylic acids is 1. The lowest BCUT2D eigenvalue weighted by Crippen LogP contribution is -2.06. The molecule has 0 N–H and O–H groups in total. The van der Waals surface area contributed by atoms with Crippen molar-refractivity contribution in [3.8, 4) is 0 Å². The molecule has 0 radical (unpaired) electrons. The summed E-state index contributed by atoms with van der Waals surface area (Å²) in [4.78, 5) is 10.9. The molecule has 11 heavy (non-hydrogen) atoms. The van der Waals surface area contributed by atoms with Crippen molar-refractivity contribution in [2.24, 2.45) is 0 Å². The van der Waals surface area contributed by atoms with Gasteiger partial charge in [0, 0.05) is 6.20 Å². The molecule has 0 unspecified atom stereocenters. The van der Waals surface area contributed by atoms with E-state index in [1.165, 1.54) is 24.2 Å². The average molecular weight is 152 g/mol. The van der Waals surface area contributed by atoms with Crippen molar-refractivity contribution in [1.82, 2.24) is 9.78 Å². The third-order valence-corrected chi connectivity index (χ3v) is 1.24. The molecule has 1 rings (SSSR count). The number of hydrogen-bond acceptors (Lipinski definition) is 3. The molecule has 1 heterocycles. The third kappa shape index (κ3) is 1.29. The van der Waals surface area contributed by atoms with E-state index in [-0.39, 0.29) is 0 Å². The van der Waals surface area contributed by atoms with Crippen LogP contribution in [0.5, 0.6) is 0 Å². The Morgan fingerprint density at radius 1 is 1.91 bits per heavy atom. The van der Waals surface area contributed by atoms with Crippen LogP contribution in [0.25, 0.3) is 6.20 Å². The zero-order chi connectivity index (χ0) is 8.27. The van der Waals surface area contributed by atoms with Crippen molar-refractivity contribution in [3.63, 3.8) is 0 Å². The molecule has 0 fully saturated rings. The molecule has 0 aliphatic rings. The number of nitrogens with zero attached hydrogens (tertiary/aromatic N) is 2. The molecule has 4 heteroatoms. The monoisotopic (exact) mass is 152 g/mol. The second-order valence-electron chi connectivity index (χ2n) is 1.84. The van der Waals surface area contributed by atoms with Gasteiger partial charge in [-0.2, -0.15) is 5.10 Å². The minimum absolute atomic E-state index is 0.377. The molecule has 0 atom stereocenters. The van der Waals surface area contributed by atoms with Crippen molar-refractivity contribution in [2.45, 2.75) is 0 Å². The van der Waals surface area contributed by atoms with Gasteiger partial charge in [0.05, 0.1) is 13.3 Å². The zero-order valence-electron chi connectivity index (χ0n) is 6.15. The smallest absolute Gasteiger partial charge is 0.356 e. The zero-order valence-corrected chi connectivity index (χ0v) is 6.15. The second kappa shape index (κ2) is 3.01. The topological polar surface area (TPSA) is 44.1 Å². The van der Waals surface area contributed by atoms with Crippen LogP contribution in [0.4, 0.5) is 0 Å². The van der Waals surface area contributed by atoms with Gasteiger partial charge in [-0.25, -0.2) is 9.48 Å². The average Bonchev–Trinajstić information content (AvgIpc) is 2.50. The summed E-state index contributed by atoms with van der Waals surface area (Å²) in [5.41, 5.74) is 0.377. The van der Waals surface area contributed by atoms with Gasteiger partial charge >= 0.3 is 5.97 Å². The lowest BCUT2D eigenvalue weighted by Gasteiger charge is -1.97. The normalized spacial score (nSPS) is 9.18. The molecule has 0 spiro atoms. The molecule has 0 bridgehead atoms. The molecule has 0 aliphatic carbocycles. The van der Waals surface area contributed by atoms with Crippen LogP contribution in [0.2, 0.25) is 0 Å². The summed E-state index contributed by atoms with van der Waals surface area (Å²) in [5, 5.41) is 3.80. The van der Waals surface area contributed by atoms with Crippen LogP contribution < -0.4 is 0 Å². The van der Waals surface area contributed by atoms with Gasteiger partial charge < -0.3 is 4.74 Å². The second-order valence-corrected chi connectivity index (χ2v) is 1.84. The lowest BCUT2D eigenvalue weighted by molar-refractivity contribution is 0.0591. The molecule has 4 nitrogen and oxygen atoms in total. The Hall–Kier alpha value is -1.58. The summed E-state index contributed by atoms with van der Waals surface area (Å²) in [6, 6.07) is 1.56. The fourth-order valence-corrected chi connectivity index (χ4v) is 0.726. The van der Waals surface area contributed by atoms with E-state index >= 15 is 0 Å². The highest BCUT2D eigenvalue weighted by Crippen LogP contribution is 1.99. The van der Waals surface area contributed by atoms with E-state index in [4.69, 9.17) is 0 Å². The summed E-state index contributed by atoms with van der Waals surface area (Å²) >= 11 is 0. The number of hydrogen-bond donors (Lipinski definition) is 0. The SMILES string of the molecule is C=Cn1nccc1C(=O)OC. The van der Waals surface area contributed by atoms with Crippen LogP contribution >= 0.6 is 0 Å². The molecule has 0 aromatic carbocycles. The van der Waals surface area contributed by atoms with E-state index in [9.17, 15) is 4.79 Å². The van der Waals surface area contributed by atoms with Crippen LogP contribution in [-0.2, 0) is 4.74 Å². The summed E-state index contributed by atoms with van der Waals surface area (Å²) in [6.07, 6.45) is 2.94. The Morgan fingerprint density at radius 2 is 2.64 bits per heavy atom. The van der Waals surface area contributed by atoms with Crippen LogP contribution in [0, 0.1) is 0 Å². The molecule has 1 aromatic heterocycles. The van der Waals surface area contributed by atoms with Gasteiger partial charge in [-0.15, -0.1) is 0 Å². The van der Waals surface area contributed by atoms with Gasteiger partial charge in [0.2, 0.25) is 0 Å². The first kappa shape index (κ1) is 7.53. The number of rotatable bonds is 2. The first-order valence-corrected chi connectivity index (χ1v) is 3.04. The van der Waals surface area contributed by atoms with Crippen LogP contribution in [0.1, 0.15) is 10.5 Å². The van der Waals surface area contributed by atoms with E-state index in [1.54, 1.807) is 6.07 Å². The molecule has 58 valence electrons. The number of aromatic nitrogens is 2. The van der Waals surface area contributed by atoms with Crippen molar-refractivity contribution < 1.29 is 9.53 Å². The van der Waals surface area contributed by atoms with E-state index in [1.807, 2.05) is 0 Å². The highest BCUT2D eigenvalue weighted by molar-refractivity contribution is 5.87. The van der Waals surface area contributed by atoms with Crippen molar-refractivity contribution in [3.05, 3.63) is 24.5 Å². The van der Waals surface area contributed by atoms with Crippen molar-refractivity contribution >= 4 is 12.2 Å². The molecular formula is C7H8N2O2. The van der Waals surface area contributed by atoms with Gasteiger partial charge in [0.25, 0.3) is 0 Å². The largest absolute Gasteiger partial charge is 0.464 e. The van der Waals surface area contributed by atoms with Gasteiger partial charge in [-0.3, -0.25) is 0 Å². The Morgan fingerprint density at radius 3 is 3.18 bits per heavy atom. The van der Waals surface area contributed by atoms with Gasteiger partial charge in [0.1, 0.15) is 0 Å². The maximum absolute atomic E-state index is 10.9. The number of esters is 1. The molecule has 0 aliphatic heterocycles. The fourth-order valence-electron chi connectivity index (χ4n) is 0.726. The predicted octanol–water partition coefficient (Wildman–Crippen LogP) is 0.770. The quantitative estimate of drug-likeness (QED) is 0.588. The fraction of sp³-hybridized carbons (Fsp3) is 0.143. The molecule has 0 amide bonds. The highest BCUT2D eigenvalue weighted by atomic mass is 16.5.